The van der Waals surface area contributed by atoms with Gasteiger partial charge < -0.3 is 15.6 Å². The summed E-state index contributed by atoms with van der Waals surface area (Å²) >= 11 is 0. The quantitative estimate of drug-likeness (QED) is 0.720. The maximum Gasteiger partial charge on any atom is 0.0951 e. The lowest BCUT2D eigenvalue weighted by Crippen LogP contribution is -2.27. The monoisotopic (exact) mass is 182 g/mol. The minimum absolute atomic E-state index is 0.199. The lowest BCUT2D eigenvalue weighted by molar-refractivity contribution is 0.506. The van der Waals surface area contributed by atoms with E-state index < -0.39 is 0 Å². The molecule has 13 heavy (non-hydrogen) atoms. The summed E-state index contributed by atoms with van der Waals surface area (Å²) in [5.74, 6) is 0. The number of nitrogens with one attached hydrogen (secondary N) is 1. The van der Waals surface area contributed by atoms with Crippen molar-refractivity contribution < 1.29 is 0 Å². The van der Waals surface area contributed by atoms with Crippen molar-refractivity contribution >= 4 is 0 Å². The average Bonchev–Trinajstić information content (AvgIpc) is 2.55. The van der Waals surface area contributed by atoms with Gasteiger partial charge >= 0.3 is 0 Å². The van der Waals surface area contributed by atoms with Gasteiger partial charge in [-0.25, -0.2) is 4.98 Å². The molecule has 0 aliphatic heterocycles. The molecule has 0 aliphatic rings. The molecule has 0 aromatic carbocycles. The first-order valence-electron chi connectivity index (χ1n) is 4.59. The second-order valence-electron chi connectivity index (χ2n) is 3.40. The van der Waals surface area contributed by atoms with E-state index in [-0.39, 0.29) is 6.04 Å². The highest BCUT2D eigenvalue weighted by atomic mass is 15.1. The van der Waals surface area contributed by atoms with Crippen LogP contribution in [-0.2, 0) is 0 Å². The van der Waals surface area contributed by atoms with Gasteiger partial charge in [-0.2, -0.15) is 0 Å². The number of hydrogen-bond donors (Lipinski definition) is 2. The molecule has 0 saturated heterocycles. The van der Waals surface area contributed by atoms with Gasteiger partial charge in [0, 0.05) is 18.8 Å². The molecule has 0 aliphatic carbocycles. The Labute approximate surface area is 79.1 Å². The van der Waals surface area contributed by atoms with Crippen molar-refractivity contribution in [1.82, 2.24) is 14.9 Å². The maximum absolute atomic E-state index is 5.64. The molecule has 0 spiro atoms. The molecule has 74 valence electrons. The Morgan fingerprint density at radius 3 is 2.77 bits per heavy atom. The fourth-order valence-corrected chi connectivity index (χ4v) is 1.40. The summed E-state index contributed by atoms with van der Waals surface area (Å²) in [6.07, 6.45) is 3.72. The zero-order valence-electron chi connectivity index (χ0n) is 8.49. The Morgan fingerprint density at radius 2 is 2.31 bits per heavy atom. The van der Waals surface area contributed by atoms with E-state index >= 15 is 0 Å². The Bertz CT molecular complexity index is 250. The standard InChI is InChI=1S/C9H18N4/c1-7(2)13-6-12-5-9(13)8(4-10)11-3/h5-8,11H,4,10H2,1-3H3. The normalized spacial score (nSPS) is 13.6. The molecule has 0 bridgehead atoms. The SMILES string of the molecule is CNC(CN)c1cncn1C(C)C. The minimum Gasteiger partial charge on any atom is -0.331 e. The van der Waals surface area contributed by atoms with Gasteiger partial charge in [-0.3, -0.25) is 0 Å². The van der Waals surface area contributed by atoms with E-state index in [1.54, 1.807) is 0 Å². The first-order valence-corrected chi connectivity index (χ1v) is 4.59. The second-order valence-corrected chi connectivity index (χ2v) is 3.40. The summed E-state index contributed by atoms with van der Waals surface area (Å²) in [6, 6.07) is 0.629. The summed E-state index contributed by atoms with van der Waals surface area (Å²) < 4.78 is 2.13. The number of nitrogens with two attached hydrogens (primary N) is 1. The van der Waals surface area contributed by atoms with Crippen LogP contribution in [0, 0.1) is 0 Å². The molecule has 0 saturated carbocycles. The van der Waals surface area contributed by atoms with Gasteiger partial charge in [0.25, 0.3) is 0 Å². The van der Waals surface area contributed by atoms with Crippen LogP contribution in [0.25, 0.3) is 0 Å². The van der Waals surface area contributed by atoms with Crippen molar-refractivity contribution in [2.45, 2.75) is 25.9 Å². The number of rotatable bonds is 4. The Hall–Kier alpha value is -0.870. The van der Waals surface area contributed by atoms with Crippen LogP contribution in [0.1, 0.15) is 31.6 Å². The third-order valence-electron chi connectivity index (χ3n) is 2.19. The van der Waals surface area contributed by atoms with E-state index in [1.807, 2.05) is 19.6 Å². The molecule has 1 aromatic heterocycles. The largest absolute Gasteiger partial charge is 0.331 e. The van der Waals surface area contributed by atoms with Gasteiger partial charge in [-0.15, -0.1) is 0 Å². The average molecular weight is 182 g/mol. The van der Waals surface area contributed by atoms with Gasteiger partial charge in [0.1, 0.15) is 0 Å². The Morgan fingerprint density at radius 1 is 1.62 bits per heavy atom. The second kappa shape index (κ2) is 4.39. The minimum atomic E-state index is 0.199. The van der Waals surface area contributed by atoms with E-state index in [4.69, 9.17) is 5.73 Å². The van der Waals surface area contributed by atoms with Crippen LogP contribution in [0.3, 0.4) is 0 Å². The third kappa shape index (κ3) is 2.08. The molecule has 1 unspecified atom stereocenters. The highest BCUT2D eigenvalue weighted by molar-refractivity contribution is 5.06. The highest BCUT2D eigenvalue weighted by Crippen LogP contribution is 2.15. The van der Waals surface area contributed by atoms with Crippen LogP contribution < -0.4 is 11.1 Å². The molecule has 1 heterocycles. The van der Waals surface area contributed by atoms with E-state index in [1.165, 1.54) is 0 Å². The van der Waals surface area contributed by atoms with E-state index in [9.17, 15) is 0 Å². The van der Waals surface area contributed by atoms with Crippen LogP contribution in [0.15, 0.2) is 12.5 Å². The molecule has 3 N–H and O–H groups in total. The molecular weight excluding hydrogens is 164 g/mol. The highest BCUT2D eigenvalue weighted by Gasteiger charge is 2.13. The maximum atomic E-state index is 5.64. The number of nitrogens with zero attached hydrogens (tertiary/aromatic N) is 2. The van der Waals surface area contributed by atoms with Crippen molar-refractivity contribution in [3.63, 3.8) is 0 Å². The Balaban J connectivity index is 2.91. The van der Waals surface area contributed by atoms with Gasteiger partial charge in [0.2, 0.25) is 0 Å². The summed E-state index contributed by atoms with van der Waals surface area (Å²) in [4.78, 5) is 4.13. The fourth-order valence-electron chi connectivity index (χ4n) is 1.40. The number of imidazole rings is 1. The molecule has 1 atom stereocenters. The topological polar surface area (TPSA) is 55.9 Å². The molecular formula is C9H18N4. The predicted molar refractivity (Wildman–Crippen MR) is 53.5 cm³/mol. The first-order chi connectivity index (χ1) is 6.20. The molecule has 0 amide bonds. The van der Waals surface area contributed by atoms with Gasteiger partial charge in [0.05, 0.1) is 18.1 Å². The van der Waals surface area contributed by atoms with Crippen LogP contribution in [0.2, 0.25) is 0 Å². The van der Waals surface area contributed by atoms with E-state index in [0.717, 1.165) is 5.69 Å². The van der Waals surface area contributed by atoms with Gasteiger partial charge in [-0.05, 0) is 20.9 Å². The summed E-state index contributed by atoms with van der Waals surface area (Å²) in [5.41, 5.74) is 6.79. The van der Waals surface area contributed by atoms with E-state index in [2.05, 4.69) is 28.7 Å². The molecule has 0 fully saturated rings. The fraction of sp³-hybridized carbons (Fsp3) is 0.667. The van der Waals surface area contributed by atoms with Crippen LogP contribution in [-0.4, -0.2) is 23.1 Å². The third-order valence-corrected chi connectivity index (χ3v) is 2.19. The zero-order chi connectivity index (χ0) is 9.84. The first kappa shape index (κ1) is 10.2. The molecule has 1 rings (SSSR count). The number of aromatic nitrogens is 2. The van der Waals surface area contributed by atoms with Crippen LogP contribution in [0.4, 0.5) is 0 Å². The van der Waals surface area contributed by atoms with Crippen LogP contribution >= 0.6 is 0 Å². The van der Waals surface area contributed by atoms with Crippen molar-refractivity contribution in [3.05, 3.63) is 18.2 Å². The lowest BCUT2D eigenvalue weighted by Gasteiger charge is -2.18. The number of likely N-dealkylation sites (N-methyl/N-ethyl adjacent to an activating group) is 1. The molecule has 1 aromatic rings. The molecule has 4 heteroatoms. The molecule has 0 radical (unpaired) electrons. The smallest absolute Gasteiger partial charge is 0.0951 e. The van der Waals surface area contributed by atoms with E-state index in [0.29, 0.717) is 12.6 Å². The summed E-state index contributed by atoms with van der Waals surface area (Å²) in [7, 11) is 1.91. The lowest BCUT2D eigenvalue weighted by atomic mass is 10.2. The summed E-state index contributed by atoms with van der Waals surface area (Å²) in [6.45, 7) is 4.86. The summed E-state index contributed by atoms with van der Waals surface area (Å²) in [5, 5.41) is 3.16. The van der Waals surface area contributed by atoms with Crippen molar-refractivity contribution in [1.29, 1.82) is 0 Å². The van der Waals surface area contributed by atoms with Crippen LogP contribution in [0.5, 0.6) is 0 Å². The van der Waals surface area contributed by atoms with Crippen molar-refractivity contribution in [2.75, 3.05) is 13.6 Å². The van der Waals surface area contributed by atoms with Crippen molar-refractivity contribution in [2.24, 2.45) is 5.73 Å². The van der Waals surface area contributed by atoms with Gasteiger partial charge in [0.15, 0.2) is 0 Å². The Kier molecular flexibility index (Phi) is 3.45. The molecule has 4 nitrogen and oxygen atoms in total. The predicted octanol–water partition coefficient (Wildman–Crippen LogP) is 0.683. The van der Waals surface area contributed by atoms with Crippen molar-refractivity contribution in [3.8, 4) is 0 Å². The van der Waals surface area contributed by atoms with Gasteiger partial charge in [-0.1, -0.05) is 0 Å². The number of hydrogen-bond acceptors (Lipinski definition) is 3. The zero-order valence-corrected chi connectivity index (χ0v) is 8.49.